The van der Waals surface area contributed by atoms with E-state index in [0.29, 0.717) is 5.92 Å². The highest BCUT2D eigenvalue weighted by Gasteiger charge is 2.23. The minimum atomic E-state index is 0.247. The lowest BCUT2D eigenvalue weighted by Gasteiger charge is -2.34. The van der Waals surface area contributed by atoms with Crippen LogP contribution in [0.1, 0.15) is 30.9 Å². The second kappa shape index (κ2) is 5.88. The molecule has 0 aromatic carbocycles. The Hall–Kier alpha value is -1.83. The van der Waals surface area contributed by atoms with Crippen LogP contribution in [0.4, 0.5) is 0 Å². The van der Waals surface area contributed by atoms with Gasteiger partial charge >= 0.3 is 0 Å². The van der Waals surface area contributed by atoms with Crippen LogP contribution in [0.5, 0.6) is 0 Å². The number of piperidine rings is 1. The van der Waals surface area contributed by atoms with Gasteiger partial charge < -0.3 is 10.1 Å². The minimum absolute atomic E-state index is 0.247. The Morgan fingerprint density at radius 3 is 3.10 bits per heavy atom. The van der Waals surface area contributed by atoms with Gasteiger partial charge in [0.25, 0.3) is 0 Å². The van der Waals surface area contributed by atoms with Crippen LogP contribution < -0.4 is 5.73 Å². The molecule has 0 saturated carbocycles. The topological polar surface area (TPSA) is 57.5 Å². The second-order valence-corrected chi connectivity index (χ2v) is 6.13. The zero-order valence-electron chi connectivity index (χ0n) is 12.5. The fraction of sp³-hybridized carbons (Fsp3) is 0.471. The molecule has 2 unspecified atom stereocenters. The molecule has 0 spiro atoms. The lowest BCUT2D eigenvalue weighted by Crippen LogP contribution is -2.41. The Morgan fingerprint density at radius 1 is 1.48 bits per heavy atom. The van der Waals surface area contributed by atoms with Crippen LogP contribution in [0.15, 0.2) is 30.6 Å². The minimum Gasteiger partial charge on any atom is -0.328 e. The first-order valence-electron chi connectivity index (χ1n) is 7.65. The molecule has 2 aromatic heterocycles. The number of nitriles is 1. The first kappa shape index (κ1) is 14.1. The Balaban J connectivity index is 1.83. The standard InChI is InChI=1S/C17H22N4/c1-13(19)14-5-4-7-20(10-14)11-15-12-21-8-3-2-6-17(21)16(15)9-18/h2-3,6,8,12-14H,4-5,7,10-11,19H2,1H3. The van der Waals surface area contributed by atoms with E-state index in [1.807, 2.05) is 28.8 Å². The molecule has 3 heterocycles. The van der Waals surface area contributed by atoms with E-state index in [0.717, 1.165) is 36.3 Å². The molecule has 1 fully saturated rings. The first-order valence-corrected chi connectivity index (χ1v) is 7.65. The van der Waals surface area contributed by atoms with Crippen LogP contribution in [0.3, 0.4) is 0 Å². The SMILES string of the molecule is CC(N)C1CCCN(Cc2cn3ccccc3c2C#N)C1. The Bertz CT molecular complexity index is 665. The molecule has 0 radical (unpaired) electrons. The summed E-state index contributed by atoms with van der Waals surface area (Å²) in [7, 11) is 0. The smallest absolute Gasteiger partial charge is 0.102 e. The van der Waals surface area contributed by atoms with Gasteiger partial charge in [-0.2, -0.15) is 5.26 Å². The van der Waals surface area contributed by atoms with Crippen molar-refractivity contribution < 1.29 is 0 Å². The Labute approximate surface area is 125 Å². The highest BCUT2D eigenvalue weighted by molar-refractivity contribution is 5.65. The molecule has 2 aromatic rings. The molecule has 4 heteroatoms. The molecule has 21 heavy (non-hydrogen) atoms. The summed E-state index contributed by atoms with van der Waals surface area (Å²) >= 11 is 0. The largest absolute Gasteiger partial charge is 0.328 e. The summed E-state index contributed by atoms with van der Waals surface area (Å²) in [6.45, 7) is 5.07. The van der Waals surface area contributed by atoms with E-state index in [2.05, 4.69) is 24.1 Å². The van der Waals surface area contributed by atoms with Crippen LogP contribution in [-0.2, 0) is 6.54 Å². The third-order valence-electron chi connectivity index (χ3n) is 4.55. The summed E-state index contributed by atoms with van der Waals surface area (Å²) in [6, 6.07) is 8.59. The maximum atomic E-state index is 9.47. The maximum absolute atomic E-state index is 9.47. The molecule has 0 amide bonds. The third kappa shape index (κ3) is 2.80. The van der Waals surface area contributed by atoms with Crippen molar-refractivity contribution in [3.63, 3.8) is 0 Å². The predicted molar refractivity (Wildman–Crippen MR) is 83.8 cm³/mol. The van der Waals surface area contributed by atoms with Gasteiger partial charge in [-0.05, 0) is 44.4 Å². The molecular formula is C17H22N4. The van der Waals surface area contributed by atoms with Gasteiger partial charge in [0, 0.05) is 37.1 Å². The summed E-state index contributed by atoms with van der Waals surface area (Å²) in [4.78, 5) is 2.44. The van der Waals surface area contributed by atoms with Crippen LogP contribution in [-0.4, -0.2) is 28.4 Å². The van der Waals surface area contributed by atoms with Gasteiger partial charge in [-0.25, -0.2) is 0 Å². The van der Waals surface area contributed by atoms with Gasteiger partial charge in [-0.1, -0.05) is 6.07 Å². The Kier molecular flexibility index (Phi) is 3.96. The van der Waals surface area contributed by atoms with Crippen molar-refractivity contribution in [2.75, 3.05) is 13.1 Å². The monoisotopic (exact) mass is 282 g/mol. The van der Waals surface area contributed by atoms with Gasteiger partial charge in [-0.3, -0.25) is 4.90 Å². The van der Waals surface area contributed by atoms with Gasteiger partial charge in [0.2, 0.25) is 0 Å². The van der Waals surface area contributed by atoms with Crippen molar-refractivity contribution in [2.24, 2.45) is 11.7 Å². The van der Waals surface area contributed by atoms with Crippen molar-refractivity contribution in [3.8, 4) is 6.07 Å². The molecular weight excluding hydrogens is 260 g/mol. The van der Waals surface area contributed by atoms with Crippen molar-refractivity contribution in [3.05, 3.63) is 41.7 Å². The summed E-state index contributed by atoms with van der Waals surface area (Å²) in [5, 5.41) is 9.47. The third-order valence-corrected chi connectivity index (χ3v) is 4.55. The fourth-order valence-electron chi connectivity index (χ4n) is 3.33. The first-order chi connectivity index (χ1) is 10.2. The zero-order chi connectivity index (χ0) is 14.8. The average molecular weight is 282 g/mol. The van der Waals surface area contributed by atoms with Gasteiger partial charge in [0.15, 0.2) is 0 Å². The number of aromatic nitrogens is 1. The zero-order valence-corrected chi connectivity index (χ0v) is 12.5. The fourth-order valence-corrected chi connectivity index (χ4v) is 3.33. The van der Waals surface area contributed by atoms with E-state index < -0.39 is 0 Å². The number of nitrogens with zero attached hydrogens (tertiary/aromatic N) is 3. The normalized spacial score (nSPS) is 21.3. The lowest BCUT2D eigenvalue weighted by molar-refractivity contribution is 0.154. The molecule has 2 atom stereocenters. The molecule has 2 N–H and O–H groups in total. The summed E-state index contributed by atoms with van der Waals surface area (Å²) in [5.74, 6) is 0.571. The molecule has 3 rings (SSSR count). The highest BCUT2D eigenvalue weighted by atomic mass is 15.1. The average Bonchev–Trinajstić information content (AvgIpc) is 2.84. The van der Waals surface area contributed by atoms with E-state index in [1.54, 1.807) is 0 Å². The van der Waals surface area contributed by atoms with Crippen molar-refractivity contribution >= 4 is 5.52 Å². The molecule has 1 saturated heterocycles. The summed E-state index contributed by atoms with van der Waals surface area (Å²) in [6.07, 6.45) is 6.50. The highest BCUT2D eigenvalue weighted by Crippen LogP contribution is 2.24. The van der Waals surface area contributed by atoms with E-state index in [1.165, 1.54) is 12.8 Å². The number of hydrogen-bond donors (Lipinski definition) is 1. The van der Waals surface area contributed by atoms with E-state index in [9.17, 15) is 5.26 Å². The van der Waals surface area contributed by atoms with Gasteiger partial charge in [0.05, 0.1) is 11.1 Å². The number of fused-ring (bicyclic) bond motifs is 1. The van der Waals surface area contributed by atoms with Crippen LogP contribution in [0.2, 0.25) is 0 Å². The molecule has 1 aliphatic rings. The summed E-state index contributed by atoms with van der Waals surface area (Å²) in [5.41, 5.74) is 8.98. The maximum Gasteiger partial charge on any atom is 0.102 e. The van der Waals surface area contributed by atoms with E-state index in [4.69, 9.17) is 5.73 Å². The van der Waals surface area contributed by atoms with Crippen molar-refractivity contribution in [1.29, 1.82) is 5.26 Å². The summed E-state index contributed by atoms with van der Waals surface area (Å²) < 4.78 is 2.04. The lowest BCUT2D eigenvalue weighted by atomic mass is 9.92. The molecule has 0 bridgehead atoms. The Morgan fingerprint density at radius 2 is 2.33 bits per heavy atom. The molecule has 1 aliphatic heterocycles. The number of rotatable bonds is 3. The van der Waals surface area contributed by atoms with E-state index >= 15 is 0 Å². The van der Waals surface area contributed by atoms with Crippen molar-refractivity contribution in [1.82, 2.24) is 9.30 Å². The number of pyridine rings is 1. The molecule has 110 valence electrons. The number of nitrogens with two attached hydrogens (primary N) is 1. The number of likely N-dealkylation sites (tertiary alicyclic amines) is 1. The quantitative estimate of drug-likeness (QED) is 0.940. The molecule has 4 nitrogen and oxygen atoms in total. The van der Waals surface area contributed by atoms with Gasteiger partial charge in [-0.15, -0.1) is 0 Å². The van der Waals surface area contributed by atoms with Crippen LogP contribution >= 0.6 is 0 Å². The molecule has 0 aliphatic carbocycles. The van der Waals surface area contributed by atoms with Gasteiger partial charge in [0.1, 0.15) is 6.07 Å². The number of hydrogen-bond acceptors (Lipinski definition) is 3. The second-order valence-electron chi connectivity index (χ2n) is 6.13. The predicted octanol–water partition coefficient (Wildman–Crippen LogP) is 2.37. The van der Waals surface area contributed by atoms with Crippen LogP contribution in [0.25, 0.3) is 5.52 Å². The van der Waals surface area contributed by atoms with E-state index in [-0.39, 0.29) is 6.04 Å². The van der Waals surface area contributed by atoms with Crippen molar-refractivity contribution in [2.45, 2.75) is 32.4 Å². The van der Waals surface area contributed by atoms with Crippen LogP contribution in [0, 0.1) is 17.2 Å².